The largest absolute Gasteiger partial charge is 0.523 e. The zero-order valence-electron chi connectivity index (χ0n) is 33.5. The minimum atomic E-state index is -6.08. The first-order valence-electron chi connectivity index (χ1n) is 20.5. The molecule has 0 aromatic rings. The van der Waals surface area contributed by atoms with Gasteiger partial charge in [0.05, 0.1) is 13.2 Å². The number of alkyl halides is 6. The Morgan fingerprint density at radius 2 is 0.673 bits per heavy atom. The van der Waals surface area contributed by atoms with Crippen molar-refractivity contribution in [2.24, 2.45) is 5.41 Å². The summed E-state index contributed by atoms with van der Waals surface area (Å²) in [6.45, 7) is 2.05. The Morgan fingerprint density at radius 1 is 0.400 bits per heavy atom. The number of halogens is 6. The van der Waals surface area contributed by atoms with E-state index in [1.165, 1.54) is 38.5 Å². The van der Waals surface area contributed by atoms with Gasteiger partial charge in [0.1, 0.15) is 0 Å². The molecular weight excluding hydrogens is 767 g/mol. The second-order valence-electron chi connectivity index (χ2n) is 14.5. The zero-order chi connectivity index (χ0) is 41.4. The van der Waals surface area contributed by atoms with Gasteiger partial charge >= 0.3 is 31.3 Å². The van der Waals surface area contributed by atoms with E-state index in [-0.39, 0.29) is 12.8 Å². The van der Waals surface area contributed by atoms with Crippen molar-refractivity contribution in [3.8, 4) is 0 Å². The Labute approximate surface area is 329 Å². The van der Waals surface area contributed by atoms with Gasteiger partial charge in [0.25, 0.3) is 0 Å². The number of unbranched alkanes of at least 4 members (excludes halogenated alkanes) is 18. The highest BCUT2D eigenvalue weighted by Gasteiger charge is 2.51. The van der Waals surface area contributed by atoms with Gasteiger partial charge in [0.15, 0.2) is 0 Å². The number of hydrogen-bond donors (Lipinski definition) is 0. The molecule has 0 aliphatic carbocycles. The van der Waals surface area contributed by atoms with Crippen LogP contribution in [0.15, 0.2) is 48.6 Å². The quantitative estimate of drug-likeness (QED) is 0.0205. The highest BCUT2D eigenvalue weighted by Crippen LogP contribution is 2.37. The van der Waals surface area contributed by atoms with Crippen molar-refractivity contribution < 1.29 is 51.5 Å². The third-order valence-corrected chi connectivity index (χ3v) is 11.4. The molecule has 55 heavy (non-hydrogen) atoms. The summed E-state index contributed by atoms with van der Waals surface area (Å²) in [5.74, 6) is 0. The standard InChI is InChI=1S/C41H70F6O6S2/c1-3-5-7-9-11-13-15-17-19-21-23-25-27-29-31-33-35-39(37-52-54(48,49)40(42,43)44,38-53-55(50,51)41(45,46)47)36-34-32-30-28-26-24-22-20-18-16-14-12-10-8-6-4-2/h11-14,17-20H,3-10,15-16,21-38H2,1-2H3/b13-11-,14-12-,19-17-,20-18-. The smallest absolute Gasteiger partial charge is 0.262 e. The van der Waals surface area contributed by atoms with E-state index in [1.807, 2.05) is 0 Å². The van der Waals surface area contributed by atoms with Crippen LogP contribution in [0.2, 0.25) is 0 Å². The van der Waals surface area contributed by atoms with E-state index in [0.29, 0.717) is 25.7 Å². The molecule has 0 unspecified atom stereocenters. The van der Waals surface area contributed by atoms with Crippen LogP contribution < -0.4 is 0 Å². The first kappa shape index (κ1) is 53.4. The molecule has 0 saturated carbocycles. The summed E-state index contributed by atoms with van der Waals surface area (Å²) in [4.78, 5) is 0. The topological polar surface area (TPSA) is 86.7 Å². The van der Waals surface area contributed by atoms with Crippen molar-refractivity contribution in [1.82, 2.24) is 0 Å². The Hall–Kier alpha value is -1.64. The van der Waals surface area contributed by atoms with Crippen LogP contribution in [0.25, 0.3) is 0 Å². The fraction of sp³-hybridized carbons (Fsp3) is 0.805. The molecule has 0 aliphatic rings. The fourth-order valence-electron chi connectivity index (χ4n) is 5.97. The summed E-state index contributed by atoms with van der Waals surface area (Å²) in [6, 6.07) is 0. The third-order valence-electron chi connectivity index (χ3n) is 9.42. The maximum Gasteiger partial charge on any atom is 0.523 e. The SMILES string of the molecule is CCCCC/C=C\C/C=C\CCCCCCCCC(CCCCCCCC/C=C\C/C=C\CCCCC)(COS(=O)(=O)C(F)(F)F)COS(=O)(=O)C(F)(F)F. The van der Waals surface area contributed by atoms with Crippen LogP contribution in [0.5, 0.6) is 0 Å². The van der Waals surface area contributed by atoms with Crippen LogP contribution in [0.1, 0.15) is 181 Å². The third kappa shape index (κ3) is 28.4. The van der Waals surface area contributed by atoms with E-state index in [2.05, 4.69) is 70.8 Å². The van der Waals surface area contributed by atoms with Crippen LogP contribution in [0, 0.1) is 5.41 Å². The lowest BCUT2D eigenvalue weighted by molar-refractivity contribution is -0.0633. The molecular formula is C41H70F6O6S2. The van der Waals surface area contributed by atoms with Crippen molar-refractivity contribution in [2.75, 3.05) is 13.2 Å². The second-order valence-corrected chi connectivity index (χ2v) is 17.7. The molecule has 0 N–H and O–H groups in total. The van der Waals surface area contributed by atoms with Crippen molar-refractivity contribution in [3.05, 3.63) is 48.6 Å². The average molecular weight is 837 g/mol. The highest BCUT2D eigenvalue weighted by molar-refractivity contribution is 7.87. The van der Waals surface area contributed by atoms with Crippen molar-refractivity contribution in [1.29, 1.82) is 0 Å². The summed E-state index contributed by atoms with van der Waals surface area (Å²) < 4.78 is 135. The lowest BCUT2D eigenvalue weighted by Crippen LogP contribution is -2.38. The highest BCUT2D eigenvalue weighted by atomic mass is 32.2. The van der Waals surface area contributed by atoms with Gasteiger partial charge < -0.3 is 0 Å². The Kier molecular flexibility index (Phi) is 30.4. The molecule has 0 atom stereocenters. The van der Waals surface area contributed by atoms with E-state index in [4.69, 9.17) is 0 Å². The van der Waals surface area contributed by atoms with Crippen LogP contribution in [0.3, 0.4) is 0 Å². The van der Waals surface area contributed by atoms with Crippen LogP contribution in [0.4, 0.5) is 26.3 Å². The van der Waals surface area contributed by atoms with Crippen LogP contribution >= 0.6 is 0 Å². The number of rotatable bonds is 36. The number of allylic oxidation sites excluding steroid dienone is 8. The summed E-state index contributed by atoms with van der Waals surface area (Å²) >= 11 is 0. The maximum absolute atomic E-state index is 13.2. The molecule has 0 spiro atoms. The van der Waals surface area contributed by atoms with E-state index < -0.39 is 49.9 Å². The minimum Gasteiger partial charge on any atom is -0.262 e. The first-order chi connectivity index (χ1) is 26.0. The molecule has 0 saturated heterocycles. The second kappa shape index (κ2) is 31.4. The van der Waals surface area contributed by atoms with Crippen molar-refractivity contribution >= 4 is 20.2 Å². The molecule has 0 bridgehead atoms. The molecule has 0 aliphatic heterocycles. The van der Waals surface area contributed by atoms with Gasteiger partial charge in [-0.1, -0.05) is 152 Å². The van der Waals surface area contributed by atoms with E-state index >= 15 is 0 Å². The molecule has 6 nitrogen and oxygen atoms in total. The average Bonchev–Trinajstić information content (AvgIpc) is 3.11. The summed E-state index contributed by atoms with van der Waals surface area (Å²) in [7, 11) is -12.2. The Morgan fingerprint density at radius 3 is 0.964 bits per heavy atom. The molecule has 0 heterocycles. The molecule has 0 rings (SSSR count). The van der Waals surface area contributed by atoms with Gasteiger partial charge in [0.2, 0.25) is 0 Å². The Balaban J connectivity index is 5.14. The van der Waals surface area contributed by atoms with E-state index in [9.17, 15) is 43.2 Å². The van der Waals surface area contributed by atoms with Gasteiger partial charge in [-0.05, 0) is 77.0 Å². The maximum atomic E-state index is 13.2. The molecule has 0 aromatic carbocycles. The van der Waals surface area contributed by atoms with Crippen molar-refractivity contribution in [2.45, 2.75) is 192 Å². The monoisotopic (exact) mass is 836 g/mol. The predicted octanol–water partition coefficient (Wildman–Crippen LogP) is 14.1. The Bertz CT molecular complexity index is 1170. The van der Waals surface area contributed by atoms with E-state index in [1.54, 1.807) is 0 Å². The summed E-state index contributed by atoms with van der Waals surface area (Å²) in [5.41, 5.74) is -13.2. The molecule has 0 amide bonds. The first-order valence-corrected chi connectivity index (χ1v) is 23.4. The minimum absolute atomic E-state index is 0.0667. The summed E-state index contributed by atoms with van der Waals surface area (Å²) in [5, 5.41) is 0. The summed E-state index contributed by atoms with van der Waals surface area (Å²) in [6.07, 6.45) is 39.1. The lowest BCUT2D eigenvalue weighted by Gasteiger charge is -2.33. The van der Waals surface area contributed by atoms with Gasteiger partial charge in [-0.15, -0.1) is 0 Å². The zero-order valence-corrected chi connectivity index (χ0v) is 35.1. The molecule has 14 heteroatoms. The predicted molar refractivity (Wildman–Crippen MR) is 212 cm³/mol. The van der Waals surface area contributed by atoms with Crippen molar-refractivity contribution in [3.63, 3.8) is 0 Å². The molecule has 0 aromatic heterocycles. The molecule has 0 radical (unpaired) electrons. The fourth-order valence-corrected chi connectivity index (χ4v) is 7.05. The van der Waals surface area contributed by atoms with Crippen LogP contribution in [-0.2, 0) is 28.6 Å². The van der Waals surface area contributed by atoms with Crippen LogP contribution in [-0.4, -0.2) is 41.1 Å². The number of hydrogen-bond acceptors (Lipinski definition) is 6. The van der Waals surface area contributed by atoms with Gasteiger partial charge in [-0.2, -0.15) is 43.2 Å². The van der Waals surface area contributed by atoms with E-state index in [0.717, 1.165) is 89.9 Å². The lowest BCUT2D eigenvalue weighted by atomic mass is 9.79. The van der Waals surface area contributed by atoms with Gasteiger partial charge in [-0.25, -0.2) is 0 Å². The normalized spacial score (nSPS) is 13.8. The molecule has 324 valence electrons. The van der Waals surface area contributed by atoms with Gasteiger partial charge in [0, 0.05) is 5.41 Å². The van der Waals surface area contributed by atoms with Gasteiger partial charge in [-0.3, -0.25) is 8.37 Å². The molecule has 0 fully saturated rings.